The van der Waals surface area contributed by atoms with Gasteiger partial charge in [0.05, 0.1) is 5.92 Å². The van der Waals surface area contributed by atoms with Gasteiger partial charge in [-0.1, -0.05) is 0 Å². The summed E-state index contributed by atoms with van der Waals surface area (Å²) in [6.45, 7) is 0. The molecule has 2 aliphatic heterocycles. The van der Waals surface area contributed by atoms with E-state index < -0.39 is 0 Å². The van der Waals surface area contributed by atoms with Crippen LogP contribution in [-0.2, 0) is 4.79 Å². The molecule has 2 saturated heterocycles. The number of fused-ring (bicyclic) bond motifs is 2. The molecule has 0 radical (unpaired) electrons. The molecule has 3 atom stereocenters. The molecule has 1 amide bonds. The van der Waals surface area contributed by atoms with Gasteiger partial charge in [-0.3, -0.25) is 4.79 Å². The van der Waals surface area contributed by atoms with Gasteiger partial charge in [0.25, 0.3) is 0 Å². The Balaban J connectivity index is 1.29. The van der Waals surface area contributed by atoms with Crippen molar-refractivity contribution >= 4 is 5.91 Å². The van der Waals surface area contributed by atoms with E-state index in [0.717, 1.165) is 30.1 Å². The molecule has 3 nitrogen and oxygen atoms in total. The number of hydrogen-bond donors (Lipinski definition) is 2. The van der Waals surface area contributed by atoms with Crippen LogP contribution in [0, 0.1) is 29.6 Å². The first-order valence-corrected chi connectivity index (χ1v) is 8.82. The maximum Gasteiger partial charge on any atom is 0.224 e. The Kier molecular flexibility index (Phi) is 2.54. The fourth-order valence-electron chi connectivity index (χ4n) is 6.55. The van der Waals surface area contributed by atoms with Gasteiger partial charge < -0.3 is 10.6 Å². The van der Waals surface area contributed by atoms with Crippen LogP contribution in [0.4, 0.5) is 0 Å². The topological polar surface area (TPSA) is 41.1 Å². The summed E-state index contributed by atoms with van der Waals surface area (Å²) in [5.41, 5.74) is 0. The molecule has 0 aromatic rings. The Morgan fingerprint density at radius 2 is 1.60 bits per heavy atom. The molecule has 6 bridgehead atoms. The fraction of sp³-hybridized carbons (Fsp3) is 0.941. The van der Waals surface area contributed by atoms with E-state index in [1.165, 1.54) is 44.9 Å². The van der Waals surface area contributed by atoms with E-state index in [1.807, 2.05) is 0 Å². The number of rotatable bonds is 2. The van der Waals surface area contributed by atoms with Gasteiger partial charge in [-0.05, 0) is 75.0 Å². The molecule has 6 rings (SSSR count). The smallest absolute Gasteiger partial charge is 0.224 e. The molecule has 4 saturated carbocycles. The molecule has 0 spiro atoms. The molecule has 110 valence electrons. The van der Waals surface area contributed by atoms with Gasteiger partial charge in [0.1, 0.15) is 0 Å². The van der Waals surface area contributed by atoms with Crippen molar-refractivity contribution in [3.63, 3.8) is 0 Å². The second-order valence-electron chi connectivity index (χ2n) is 8.35. The summed E-state index contributed by atoms with van der Waals surface area (Å²) in [7, 11) is 0. The minimum absolute atomic E-state index is 0.269. The van der Waals surface area contributed by atoms with Crippen molar-refractivity contribution in [1.82, 2.24) is 10.6 Å². The van der Waals surface area contributed by atoms with Crippen LogP contribution in [0.25, 0.3) is 0 Å². The van der Waals surface area contributed by atoms with E-state index in [4.69, 9.17) is 0 Å². The second-order valence-corrected chi connectivity index (χ2v) is 8.35. The van der Waals surface area contributed by atoms with Crippen molar-refractivity contribution in [1.29, 1.82) is 0 Å². The maximum absolute atomic E-state index is 12.7. The maximum atomic E-state index is 12.7. The molecule has 20 heavy (non-hydrogen) atoms. The zero-order valence-electron chi connectivity index (χ0n) is 12.2. The van der Waals surface area contributed by atoms with E-state index in [2.05, 4.69) is 10.6 Å². The molecule has 3 unspecified atom stereocenters. The lowest BCUT2D eigenvalue weighted by molar-refractivity contribution is -0.129. The zero-order valence-corrected chi connectivity index (χ0v) is 12.2. The number of hydrogen-bond acceptors (Lipinski definition) is 2. The highest BCUT2D eigenvalue weighted by Crippen LogP contribution is 2.53. The molecule has 2 heterocycles. The van der Waals surface area contributed by atoms with E-state index in [0.29, 0.717) is 24.0 Å². The third-order valence-electron chi connectivity index (χ3n) is 7.17. The fourth-order valence-corrected chi connectivity index (χ4v) is 6.55. The standard InChI is InChI=1S/C17H26N2O/c20-17(14-8-13-1-2-15(14)18-13)19-16-11-4-9-3-10(6-11)7-12(16)5-9/h9-16,18H,1-8H2,(H,19,20). The molecule has 0 aromatic carbocycles. The summed E-state index contributed by atoms with van der Waals surface area (Å²) >= 11 is 0. The molecular weight excluding hydrogens is 248 g/mol. The average molecular weight is 274 g/mol. The Hall–Kier alpha value is -0.570. The molecule has 6 fully saturated rings. The second kappa shape index (κ2) is 4.22. The predicted molar refractivity (Wildman–Crippen MR) is 77.0 cm³/mol. The summed E-state index contributed by atoms with van der Waals surface area (Å²) in [4.78, 5) is 12.7. The predicted octanol–water partition coefficient (Wildman–Crippen LogP) is 2.07. The van der Waals surface area contributed by atoms with Crippen LogP contribution in [0.3, 0.4) is 0 Å². The number of carbonyl (C=O) groups excluding carboxylic acids is 1. The summed E-state index contributed by atoms with van der Waals surface area (Å²) in [5, 5.41) is 7.11. The summed E-state index contributed by atoms with van der Waals surface area (Å²) in [5.74, 6) is 4.25. The minimum Gasteiger partial charge on any atom is -0.353 e. The molecule has 0 aromatic heterocycles. The Morgan fingerprint density at radius 1 is 0.900 bits per heavy atom. The van der Waals surface area contributed by atoms with Crippen LogP contribution in [0.1, 0.15) is 51.4 Å². The SMILES string of the molecule is O=C(NC1C2CC3CC(C2)CC1C3)C1CC2CCC1N2. The van der Waals surface area contributed by atoms with Crippen molar-refractivity contribution in [3.8, 4) is 0 Å². The average Bonchev–Trinajstić information content (AvgIpc) is 3.04. The van der Waals surface area contributed by atoms with Crippen molar-refractivity contribution < 1.29 is 4.79 Å². The lowest BCUT2D eigenvalue weighted by Crippen LogP contribution is -2.57. The lowest BCUT2D eigenvalue weighted by Gasteiger charge is -2.54. The first-order valence-electron chi connectivity index (χ1n) is 8.82. The van der Waals surface area contributed by atoms with Gasteiger partial charge in [-0.2, -0.15) is 0 Å². The quantitative estimate of drug-likeness (QED) is 0.809. The van der Waals surface area contributed by atoms with Crippen LogP contribution in [0.5, 0.6) is 0 Å². The van der Waals surface area contributed by atoms with Crippen LogP contribution < -0.4 is 10.6 Å². The van der Waals surface area contributed by atoms with Gasteiger partial charge in [0, 0.05) is 18.1 Å². The van der Waals surface area contributed by atoms with Crippen LogP contribution in [0.2, 0.25) is 0 Å². The zero-order chi connectivity index (χ0) is 13.3. The van der Waals surface area contributed by atoms with E-state index in [9.17, 15) is 4.79 Å². The first kappa shape index (κ1) is 12.0. The number of carbonyl (C=O) groups is 1. The van der Waals surface area contributed by atoms with Gasteiger partial charge >= 0.3 is 0 Å². The van der Waals surface area contributed by atoms with Crippen LogP contribution in [-0.4, -0.2) is 24.0 Å². The highest BCUT2D eigenvalue weighted by atomic mass is 16.2. The van der Waals surface area contributed by atoms with E-state index in [-0.39, 0.29) is 5.92 Å². The monoisotopic (exact) mass is 274 g/mol. The Bertz CT molecular complexity index is 407. The van der Waals surface area contributed by atoms with Crippen molar-refractivity contribution in [2.45, 2.75) is 69.5 Å². The normalized spacial score (nSPS) is 55.4. The summed E-state index contributed by atoms with van der Waals surface area (Å²) in [6, 6.07) is 1.64. The first-order chi connectivity index (χ1) is 9.76. The van der Waals surface area contributed by atoms with Gasteiger partial charge in [-0.15, -0.1) is 0 Å². The molecule has 3 heteroatoms. The molecule has 6 aliphatic rings. The van der Waals surface area contributed by atoms with Crippen molar-refractivity contribution in [2.24, 2.45) is 29.6 Å². The third-order valence-corrected chi connectivity index (χ3v) is 7.17. The Labute approximate surface area is 121 Å². The highest BCUT2D eigenvalue weighted by molar-refractivity contribution is 5.80. The molecule has 2 N–H and O–H groups in total. The number of amides is 1. The lowest BCUT2D eigenvalue weighted by atomic mass is 9.54. The van der Waals surface area contributed by atoms with Gasteiger partial charge in [0.2, 0.25) is 5.91 Å². The largest absolute Gasteiger partial charge is 0.353 e. The molecular formula is C17H26N2O. The highest BCUT2D eigenvalue weighted by Gasteiger charge is 2.50. The van der Waals surface area contributed by atoms with E-state index >= 15 is 0 Å². The van der Waals surface area contributed by atoms with Gasteiger partial charge in [0.15, 0.2) is 0 Å². The van der Waals surface area contributed by atoms with E-state index in [1.54, 1.807) is 0 Å². The van der Waals surface area contributed by atoms with Crippen molar-refractivity contribution in [2.75, 3.05) is 0 Å². The van der Waals surface area contributed by atoms with Crippen molar-refractivity contribution in [3.05, 3.63) is 0 Å². The Morgan fingerprint density at radius 3 is 2.15 bits per heavy atom. The van der Waals surface area contributed by atoms with Gasteiger partial charge in [-0.25, -0.2) is 0 Å². The number of nitrogens with one attached hydrogen (secondary N) is 2. The van der Waals surface area contributed by atoms with Crippen LogP contribution in [0.15, 0.2) is 0 Å². The van der Waals surface area contributed by atoms with Crippen LogP contribution >= 0.6 is 0 Å². The minimum atomic E-state index is 0.269. The molecule has 4 aliphatic carbocycles. The summed E-state index contributed by atoms with van der Waals surface area (Å²) in [6.07, 6.45) is 10.7. The third kappa shape index (κ3) is 1.71. The summed E-state index contributed by atoms with van der Waals surface area (Å²) < 4.78 is 0.